The number of hydrogen-bond acceptors (Lipinski definition) is 0. The topological polar surface area (TPSA) is 0 Å². The highest BCUT2D eigenvalue weighted by molar-refractivity contribution is 6.15. The van der Waals surface area contributed by atoms with Crippen LogP contribution in [0.5, 0.6) is 0 Å². The van der Waals surface area contributed by atoms with E-state index in [2.05, 4.69) is 44.9 Å². The third kappa shape index (κ3) is 2.13. The van der Waals surface area contributed by atoms with E-state index in [1.165, 1.54) is 0 Å². The summed E-state index contributed by atoms with van der Waals surface area (Å²) < 4.78 is 0. The summed E-state index contributed by atoms with van der Waals surface area (Å²) in [7, 11) is 2.13. The van der Waals surface area contributed by atoms with Gasteiger partial charge in [0.2, 0.25) is 0 Å². The lowest BCUT2D eigenvalue weighted by atomic mass is 9.86. The van der Waals surface area contributed by atoms with Crippen LogP contribution < -0.4 is 0 Å². The number of rotatable bonds is 2. The van der Waals surface area contributed by atoms with Gasteiger partial charge in [-0.1, -0.05) is 34.6 Å². The van der Waals surface area contributed by atoms with Gasteiger partial charge in [0.05, 0.1) is 0 Å². The zero-order chi connectivity index (χ0) is 7.65. The molecule has 0 unspecified atom stereocenters. The van der Waals surface area contributed by atoms with Crippen molar-refractivity contribution in [2.24, 2.45) is 11.8 Å². The van der Waals surface area contributed by atoms with Crippen molar-refractivity contribution in [2.45, 2.75) is 39.7 Å². The van der Waals surface area contributed by atoms with E-state index < -0.39 is 0 Å². The highest BCUT2D eigenvalue weighted by Crippen LogP contribution is 2.38. The summed E-state index contributed by atoms with van der Waals surface area (Å²) in [6, 6.07) is 0. The molecule has 0 aromatic carbocycles. The molecule has 1 radical (unpaired) electrons. The van der Waals surface area contributed by atoms with Crippen LogP contribution in [-0.2, 0) is 0 Å². The maximum atomic E-state index is 2.35. The Morgan fingerprint density at radius 3 is 1.22 bits per heavy atom. The van der Waals surface area contributed by atoms with Gasteiger partial charge in [0, 0.05) is 10.2 Å². The molecule has 0 saturated carbocycles. The molecule has 9 heavy (non-hydrogen) atoms. The summed E-state index contributed by atoms with van der Waals surface area (Å²) in [4.78, 5) is 0. The summed E-state index contributed by atoms with van der Waals surface area (Å²) in [5.74, 6) is 1.60. The predicted molar refractivity (Wildman–Crippen MR) is 46.6 cm³/mol. The lowest BCUT2D eigenvalue weighted by Gasteiger charge is -2.33. The third-order valence-electron chi connectivity index (χ3n) is 2.64. The van der Waals surface area contributed by atoms with Crippen molar-refractivity contribution in [1.82, 2.24) is 0 Å². The van der Waals surface area contributed by atoms with Crippen LogP contribution in [0.4, 0.5) is 0 Å². The summed E-state index contributed by atoms with van der Waals surface area (Å²) in [5.41, 5.74) is 0. The van der Waals surface area contributed by atoms with Gasteiger partial charge in [-0.05, 0) is 16.9 Å². The van der Waals surface area contributed by atoms with Crippen molar-refractivity contribution in [1.29, 1.82) is 0 Å². The summed E-state index contributed by atoms with van der Waals surface area (Å²) >= 11 is 0. The van der Waals surface area contributed by atoms with Gasteiger partial charge in [-0.15, -0.1) is 0 Å². The van der Waals surface area contributed by atoms with Crippen molar-refractivity contribution in [3.8, 4) is 0 Å². The second-order valence-electron chi connectivity index (χ2n) is 3.82. The average Bonchev–Trinajstić information content (AvgIpc) is 1.65. The second-order valence-corrected chi connectivity index (χ2v) is 5.34. The fourth-order valence-electron chi connectivity index (χ4n) is 0.667. The lowest BCUT2D eigenvalue weighted by molar-refractivity contribution is 0.339. The Bertz CT molecular complexity index is 72.6. The first-order chi connectivity index (χ1) is 3.89. The predicted octanol–water partition coefficient (Wildman–Crippen LogP) is 2.11. The summed E-state index contributed by atoms with van der Waals surface area (Å²) in [5, 5.41) is 0.528. The highest BCUT2D eigenvalue weighted by Gasteiger charge is 2.25. The van der Waals surface area contributed by atoms with Gasteiger partial charge in [-0.25, -0.2) is 0 Å². The minimum atomic E-state index is 0.528. The standard InChI is InChI=1S/C8H19Si/c1-6(2)8(5,9)7(3)4/h6-7H,9H2,1-5H3. The van der Waals surface area contributed by atoms with Gasteiger partial charge in [-0.2, -0.15) is 0 Å². The van der Waals surface area contributed by atoms with Gasteiger partial charge in [0.15, 0.2) is 0 Å². The van der Waals surface area contributed by atoms with Gasteiger partial charge < -0.3 is 0 Å². The van der Waals surface area contributed by atoms with Crippen LogP contribution in [0.1, 0.15) is 34.6 Å². The van der Waals surface area contributed by atoms with Crippen molar-refractivity contribution in [3.05, 3.63) is 0 Å². The molecule has 0 aliphatic rings. The van der Waals surface area contributed by atoms with Crippen molar-refractivity contribution in [2.75, 3.05) is 0 Å². The van der Waals surface area contributed by atoms with Gasteiger partial charge in [-0.3, -0.25) is 0 Å². The van der Waals surface area contributed by atoms with E-state index in [4.69, 9.17) is 0 Å². The first kappa shape index (κ1) is 9.22. The smallest absolute Gasteiger partial charge is 0.0166 e. The van der Waals surface area contributed by atoms with E-state index >= 15 is 0 Å². The van der Waals surface area contributed by atoms with E-state index in [9.17, 15) is 0 Å². The molecule has 0 fully saturated rings. The molecule has 0 aromatic heterocycles. The Balaban J connectivity index is 4.01. The van der Waals surface area contributed by atoms with Crippen LogP contribution in [0, 0.1) is 11.8 Å². The largest absolute Gasteiger partial charge is 0.0625 e. The molecule has 0 saturated heterocycles. The zero-order valence-electron chi connectivity index (χ0n) is 7.36. The average molecular weight is 143 g/mol. The minimum Gasteiger partial charge on any atom is -0.0625 e. The molecule has 0 rings (SSSR count). The summed E-state index contributed by atoms with van der Waals surface area (Å²) in [6.45, 7) is 11.5. The Morgan fingerprint density at radius 1 is 1.00 bits per heavy atom. The SMILES string of the molecule is CC(C)C(C)([SiH2])C(C)C. The van der Waals surface area contributed by atoms with E-state index in [0.717, 1.165) is 11.8 Å². The molecular weight excluding hydrogens is 124 g/mol. The third-order valence-corrected chi connectivity index (χ3v) is 4.27. The molecule has 0 aromatic rings. The van der Waals surface area contributed by atoms with E-state index in [1.807, 2.05) is 0 Å². The molecule has 0 nitrogen and oxygen atoms in total. The Hall–Kier alpha value is 0.217. The molecule has 1 heteroatoms. The van der Waals surface area contributed by atoms with Crippen LogP contribution in [0.3, 0.4) is 0 Å². The van der Waals surface area contributed by atoms with Crippen LogP contribution in [0.2, 0.25) is 5.04 Å². The van der Waals surface area contributed by atoms with Crippen molar-refractivity contribution < 1.29 is 0 Å². The lowest BCUT2D eigenvalue weighted by Crippen LogP contribution is -2.21. The fraction of sp³-hybridized carbons (Fsp3) is 1.00. The molecule has 0 amide bonds. The fourth-order valence-corrected chi connectivity index (χ4v) is 0.667. The van der Waals surface area contributed by atoms with E-state index in [-0.39, 0.29) is 0 Å². The Kier molecular flexibility index (Phi) is 2.94. The molecule has 55 valence electrons. The maximum Gasteiger partial charge on any atom is 0.0166 e. The van der Waals surface area contributed by atoms with Crippen LogP contribution >= 0.6 is 0 Å². The minimum absolute atomic E-state index is 0.528. The van der Waals surface area contributed by atoms with Gasteiger partial charge in [0.1, 0.15) is 0 Å². The maximum absolute atomic E-state index is 2.35. The number of hydrogen-bond donors (Lipinski definition) is 0. The zero-order valence-corrected chi connectivity index (χ0v) is 8.78. The Morgan fingerprint density at radius 2 is 1.22 bits per heavy atom. The molecular formula is C8H19Si. The monoisotopic (exact) mass is 143 g/mol. The summed E-state index contributed by atoms with van der Waals surface area (Å²) in [6.07, 6.45) is 0. The van der Waals surface area contributed by atoms with Crippen LogP contribution in [0.25, 0.3) is 0 Å². The highest BCUT2D eigenvalue weighted by atomic mass is 28.1. The quantitative estimate of drug-likeness (QED) is 0.519. The molecule has 0 spiro atoms. The van der Waals surface area contributed by atoms with E-state index in [1.54, 1.807) is 0 Å². The molecule has 0 N–H and O–H groups in total. The van der Waals surface area contributed by atoms with Crippen molar-refractivity contribution in [3.63, 3.8) is 0 Å². The Labute approximate surface area is 62.5 Å². The van der Waals surface area contributed by atoms with Gasteiger partial charge >= 0.3 is 0 Å². The van der Waals surface area contributed by atoms with Crippen LogP contribution in [0.15, 0.2) is 0 Å². The van der Waals surface area contributed by atoms with Crippen LogP contribution in [-0.4, -0.2) is 10.2 Å². The molecule has 0 aliphatic carbocycles. The van der Waals surface area contributed by atoms with E-state index in [0.29, 0.717) is 5.04 Å². The first-order valence-electron chi connectivity index (χ1n) is 3.74. The molecule has 0 heterocycles. The normalized spacial score (nSPS) is 13.3. The molecule has 0 aliphatic heterocycles. The van der Waals surface area contributed by atoms with Crippen molar-refractivity contribution >= 4 is 10.2 Å². The van der Waals surface area contributed by atoms with Gasteiger partial charge in [0.25, 0.3) is 0 Å². The second kappa shape index (κ2) is 2.87. The molecule has 0 bridgehead atoms. The first-order valence-corrected chi connectivity index (χ1v) is 4.45. The molecule has 0 atom stereocenters.